The van der Waals surface area contributed by atoms with Crippen molar-refractivity contribution in [2.45, 2.75) is 25.7 Å². The van der Waals surface area contributed by atoms with Crippen molar-refractivity contribution in [3.8, 4) is 0 Å². The van der Waals surface area contributed by atoms with E-state index >= 15 is 0 Å². The monoisotopic (exact) mass is 330 g/mol. The number of hydrogen-bond acceptors (Lipinski definition) is 4. The van der Waals surface area contributed by atoms with Gasteiger partial charge in [0.1, 0.15) is 18.0 Å². The highest BCUT2D eigenvalue weighted by Crippen LogP contribution is 2.31. The topological polar surface area (TPSA) is 72.6 Å². The number of hydrogen-bond donors (Lipinski definition) is 1. The van der Waals surface area contributed by atoms with Crippen molar-refractivity contribution in [2.75, 3.05) is 6.54 Å². The highest BCUT2D eigenvalue weighted by atomic mass is 19.1. The average molecular weight is 330 g/mol. The van der Waals surface area contributed by atoms with Crippen LogP contribution in [0.4, 0.5) is 4.39 Å². The molecule has 0 spiro atoms. The molecule has 6 heteroatoms. The maximum atomic E-state index is 13.2. The molecule has 126 valence electrons. The lowest BCUT2D eigenvalue weighted by Crippen LogP contribution is -2.41. The zero-order valence-electron chi connectivity index (χ0n) is 13.3. The Morgan fingerprint density at radius 1 is 1.50 bits per heavy atom. The normalized spacial score (nSPS) is 23.8. The van der Waals surface area contributed by atoms with Crippen LogP contribution in [0.3, 0.4) is 0 Å². The molecule has 0 radical (unpaired) electrons. The highest BCUT2D eigenvalue weighted by Gasteiger charge is 2.38. The number of halogens is 1. The van der Waals surface area contributed by atoms with E-state index in [1.807, 2.05) is 6.08 Å². The molecule has 1 aliphatic heterocycles. The molecule has 2 N–H and O–H groups in total. The summed E-state index contributed by atoms with van der Waals surface area (Å²) in [6.07, 6.45) is 4.68. The van der Waals surface area contributed by atoms with Crippen molar-refractivity contribution in [1.82, 2.24) is 4.90 Å². The quantitative estimate of drug-likeness (QED) is 0.889. The summed E-state index contributed by atoms with van der Waals surface area (Å²) in [6, 6.07) is 5.63. The van der Waals surface area contributed by atoms with Crippen LogP contribution < -0.4 is 5.73 Å². The number of Topliss-reactive ketones (excluding diaryl/α,β-unsaturated/α-hetero) is 1. The van der Waals surface area contributed by atoms with E-state index < -0.39 is 18.1 Å². The van der Waals surface area contributed by atoms with Crippen LogP contribution in [-0.2, 0) is 20.9 Å². The lowest BCUT2D eigenvalue weighted by molar-refractivity contribution is -0.132. The Hall–Kier alpha value is -2.47. The number of nitrogens with zero attached hydrogens (tertiary/aromatic N) is 1. The van der Waals surface area contributed by atoms with E-state index in [0.29, 0.717) is 12.1 Å². The van der Waals surface area contributed by atoms with Gasteiger partial charge in [-0.05, 0) is 36.3 Å². The van der Waals surface area contributed by atoms with Gasteiger partial charge in [0.05, 0.1) is 12.5 Å². The number of carbonyl (C=O) groups excluding carboxylic acids is 2. The number of carbonyl (C=O) groups is 2. The standard InChI is InChI=1S/C18H19FN2O3/c1-11(18(20)23)21-8-13-5-6-16(17(22)15(13)9-21)24-10-12-3-2-4-14(19)7-12/h2-8,11,15-16H,9-10H2,1H3,(H2,20,23). The molecule has 3 atom stereocenters. The van der Waals surface area contributed by atoms with Gasteiger partial charge in [-0.15, -0.1) is 0 Å². The van der Waals surface area contributed by atoms with E-state index in [2.05, 4.69) is 0 Å². The zero-order valence-corrected chi connectivity index (χ0v) is 13.3. The molecule has 0 bridgehead atoms. The van der Waals surface area contributed by atoms with Gasteiger partial charge in [-0.1, -0.05) is 18.2 Å². The van der Waals surface area contributed by atoms with Crippen LogP contribution in [0.1, 0.15) is 12.5 Å². The third-order valence-electron chi connectivity index (χ3n) is 4.43. The first-order valence-electron chi connectivity index (χ1n) is 7.80. The molecule has 3 rings (SSSR count). The van der Waals surface area contributed by atoms with Gasteiger partial charge in [0.25, 0.3) is 0 Å². The van der Waals surface area contributed by atoms with Gasteiger partial charge in [0.2, 0.25) is 5.91 Å². The molecule has 0 saturated carbocycles. The fraction of sp³-hybridized carbons (Fsp3) is 0.333. The SMILES string of the molecule is CC(C(N)=O)N1C=C2C=CC(OCc3cccc(F)c3)C(=O)C2C1. The second kappa shape index (κ2) is 6.57. The Morgan fingerprint density at radius 2 is 2.29 bits per heavy atom. The molecule has 0 fully saturated rings. The Labute approximate surface area is 139 Å². The van der Waals surface area contributed by atoms with E-state index in [-0.39, 0.29) is 24.1 Å². The van der Waals surface area contributed by atoms with Gasteiger partial charge in [-0.2, -0.15) is 0 Å². The lowest BCUT2D eigenvalue weighted by Gasteiger charge is -2.25. The number of fused-ring (bicyclic) bond motifs is 1. The number of benzene rings is 1. The number of primary amides is 1. The molecule has 0 aromatic heterocycles. The number of nitrogens with two attached hydrogens (primary N) is 1. The number of ketones is 1. The number of allylic oxidation sites excluding steroid dienone is 1. The summed E-state index contributed by atoms with van der Waals surface area (Å²) in [4.78, 5) is 25.7. The highest BCUT2D eigenvalue weighted by molar-refractivity contribution is 5.92. The van der Waals surface area contributed by atoms with Crippen molar-refractivity contribution in [2.24, 2.45) is 11.7 Å². The van der Waals surface area contributed by atoms with Crippen LogP contribution in [0.2, 0.25) is 0 Å². The summed E-state index contributed by atoms with van der Waals surface area (Å²) in [5.41, 5.74) is 6.86. The van der Waals surface area contributed by atoms with Crippen molar-refractivity contribution in [3.63, 3.8) is 0 Å². The summed E-state index contributed by atoms with van der Waals surface area (Å²) in [5, 5.41) is 0. The number of ether oxygens (including phenoxy) is 1. The maximum absolute atomic E-state index is 13.2. The lowest BCUT2D eigenvalue weighted by atomic mass is 9.88. The molecule has 3 unspecified atom stereocenters. The van der Waals surface area contributed by atoms with E-state index in [1.165, 1.54) is 12.1 Å². The smallest absolute Gasteiger partial charge is 0.239 e. The Kier molecular flexibility index (Phi) is 4.49. The first-order valence-corrected chi connectivity index (χ1v) is 7.80. The minimum absolute atomic E-state index is 0.0562. The third-order valence-corrected chi connectivity index (χ3v) is 4.43. The maximum Gasteiger partial charge on any atom is 0.239 e. The summed E-state index contributed by atoms with van der Waals surface area (Å²) < 4.78 is 18.8. The third kappa shape index (κ3) is 3.23. The minimum Gasteiger partial charge on any atom is -0.368 e. The molecule has 1 aromatic carbocycles. The molecule has 2 aliphatic rings. The second-order valence-corrected chi connectivity index (χ2v) is 6.08. The van der Waals surface area contributed by atoms with E-state index in [0.717, 1.165) is 5.57 Å². The van der Waals surface area contributed by atoms with Crippen LogP contribution in [0, 0.1) is 11.7 Å². The van der Waals surface area contributed by atoms with Gasteiger partial charge >= 0.3 is 0 Å². The number of amides is 1. The number of rotatable bonds is 5. The molecule has 0 saturated heterocycles. The van der Waals surface area contributed by atoms with Gasteiger partial charge < -0.3 is 15.4 Å². The Balaban J connectivity index is 1.65. The first-order chi connectivity index (χ1) is 11.5. The van der Waals surface area contributed by atoms with Gasteiger partial charge in [-0.3, -0.25) is 9.59 Å². The predicted octanol–water partition coefficient (Wildman–Crippen LogP) is 1.54. The molecular weight excluding hydrogens is 311 g/mol. The minimum atomic E-state index is -0.667. The van der Waals surface area contributed by atoms with Crippen LogP contribution in [-0.4, -0.2) is 35.3 Å². The van der Waals surface area contributed by atoms with Gasteiger partial charge in [0.15, 0.2) is 5.78 Å². The van der Waals surface area contributed by atoms with Crippen LogP contribution in [0.5, 0.6) is 0 Å². The summed E-state index contributed by atoms with van der Waals surface area (Å²) in [7, 11) is 0. The summed E-state index contributed by atoms with van der Waals surface area (Å²) in [6.45, 7) is 2.29. The second-order valence-electron chi connectivity index (χ2n) is 6.08. The van der Waals surface area contributed by atoms with Crippen molar-refractivity contribution >= 4 is 11.7 Å². The van der Waals surface area contributed by atoms with Crippen molar-refractivity contribution in [1.29, 1.82) is 0 Å². The molecule has 1 amide bonds. The fourth-order valence-electron chi connectivity index (χ4n) is 2.94. The molecule has 1 heterocycles. The van der Waals surface area contributed by atoms with Crippen LogP contribution in [0.25, 0.3) is 0 Å². The summed E-state index contributed by atoms with van der Waals surface area (Å²) >= 11 is 0. The van der Waals surface area contributed by atoms with E-state index in [1.54, 1.807) is 36.2 Å². The van der Waals surface area contributed by atoms with Gasteiger partial charge in [0, 0.05) is 12.7 Å². The molecule has 1 aliphatic carbocycles. The predicted molar refractivity (Wildman–Crippen MR) is 86.1 cm³/mol. The average Bonchev–Trinajstić information content (AvgIpc) is 2.98. The molecule has 1 aromatic rings. The Morgan fingerprint density at radius 3 is 3.00 bits per heavy atom. The summed E-state index contributed by atoms with van der Waals surface area (Å²) in [5.74, 6) is -1.15. The van der Waals surface area contributed by atoms with Gasteiger partial charge in [-0.25, -0.2) is 4.39 Å². The van der Waals surface area contributed by atoms with Crippen LogP contribution >= 0.6 is 0 Å². The molecular formula is C18H19FN2O3. The van der Waals surface area contributed by atoms with Crippen molar-refractivity contribution in [3.05, 3.63) is 59.6 Å². The van der Waals surface area contributed by atoms with E-state index in [9.17, 15) is 14.0 Å². The van der Waals surface area contributed by atoms with Crippen LogP contribution in [0.15, 0.2) is 48.2 Å². The zero-order chi connectivity index (χ0) is 17.3. The Bertz CT molecular complexity index is 729. The molecule has 24 heavy (non-hydrogen) atoms. The fourth-order valence-corrected chi connectivity index (χ4v) is 2.94. The van der Waals surface area contributed by atoms with Crippen molar-refractivity contribution < 1.29 is 18.7 Å². The first kappa shape index (κ1) is 16.4. The molecule has 5 nitrogen and oxygen atoms in total. The van der Waals surface area contributed by atoms with E-state index in [4.69, 9.17) is 10.5 Å². The largest absolute Gasteiger partial charge is 0.368 e.